The Labute approximate surface area is 114 Å². The molecule has 1 aromatic carbocycles. The van der Waals surface area contributed by atoms with Crippen molar-refractivity contribution < 1.29 is 14.5 Å². The molecule has 1 N–H and O–H groups in total. The van der Waals surface area contributed by atoms with Crippen molar-refractivity contribution in [2.75, 3.05) is 12.3 Å². The lowest BCUT2D eigenvalue weighted by Gasteiger charge is -2.03. The molecule has 1 aromatic rings. The Hall–Kier alpha value is -1.89. The van der Waals surface area contributed by atoms with E-state index in [1.54, 1.807) is 19.1 Å². The summed E-state index contributed by atoms with van der Waals surface area (Å²) in [5.41, 5.74) is 0.892. The van der Waals surface area contributed by atoms with Crippen molar-refractivity contribution in [1.29, 1.82) is 0 Å². The quantitative estimate of drug-likeness (QED) is 0.291. The first-order valence-electron chi connectivity index (χ1n) is 5.73. The van der Waals surface area contributed by atoms with Crippen LogP contribution in [0.15, 0.2) is 24.3 Å². The highest BCUT2D eigenvalue weighted by molar-refractivity contribution is 8.15. The van der Waals surface area contributed by atoms with E-state index in [0.717, 1.165) is 17.3 Å². The molecular weight excluding hydrogens is 271 g/mol. The molecular formula is C12H14N2O4S. The van der Waals surface area contributed by atoms with Crippen molar-refractivity contribution >= 4 is 28.5 Å². The molecule has 0 unspecified atom stereocenters. The van der Waals surface area contributed by atoms with Gasteiger partial charge in [0.15, 0.2) is 0 Å². The second-order valence-corrected chi connectivity index (χ2v) is 4.89. The van der Waals surface area contributed by atoms with Gasteiger partial charge in [-0.3, -0.25) is 19.7 Å². The highest BCUT2D eigenvalue weighted by Gasteiger charge is 2.12. The maximum Gasteiger partial charge on any atom is 0.298 e. The third kappa shape index (κ3) is 5.09. The van der Waals surface area contributed by atoms with E-state index in [1.807, 2.05) is 0 Å². The zero-order chi connectivity index (χ0) is 14.3. The number of nitro benzene ring substituents is 1. The molecule has 0 radical (unpaired) electrons. The minimum atomic E-state index is -0.603. The van der Waals surface area contributed by atoms with Gasteiger partial charge >= 0.3 is 0 Å². The van der Waals surface area contributed by atoms with Gasteiger partial charge in [0.2, 0.25) is 0 Å². The smallest absolute Gasteiger partial charge is 0.298 e. The van der Waals surface area contributed by atoms with Crippen LogP contribution < -0.4 is 5.32 Å². The van der Waals surface area contributed by atoms with Crippen LogP contribution in [-0.4, -0.2) is 28.2 Å². The van der Waals surface area contributed by atoms with E-state index in [-0.39, 0.29) is 5.69 Å². The lowest BCUT2D eigenvalue weighted by Crippen LogP contribution is -2.31. The summed E-state index contributed by atoms with van der Waals surface area (Å²) in [4.78, 5) is 32.5. The average molecular weight is 285 g/mol. The number of benzene rings is 1. The largest absolute Gasteiger partial charge is 0.348 e. The number of thioether (sulfide) groups is 1. The second-order valence-electron chi connectivity index (χ2n) is 3.65. The number of hydrogen-bond acceptors (Lipinski definition) is 5. The molecule has 0 heterocycles. The molecule has 102 valence electrons. The highest BCUT2D eigenvalue weighted by atomic mass is 32.2. The van der Waals surface area contributed by atoms with Crippen molar-refractivity contribution in [2.24, 2.45) is 0 Å². The Kier molecular flexibility index (Phi) is 6.01. The van der Waals surface area contributed by atoms with Gasteiger partial charge in [0, 0.05) is 18.7 Å². The van der Waals surface area contributed by atoms with Crippen LogP contribution in [0.2, 0.25) is 0 Å². The summed E-state index contributed by atoms with van der Waals surface area (Å²) < 4.78 is 0. The first-order chi connectivity index (χ1) is 9.04. The molecule has 7 heteroatoms. The first-order valence-corrected chi connectivity index (χ1v) is 6.71. The van der Waals surface area contributed by atoms with Gasteiger partial charge in [-0.05, 0) is 17.7 Å². The van der Waals surface area contributed by atoms with Gasteiger partial charge in [0.25, 0.3) is 16.7 Å². The lowest BCUT2D eigenvalue weighted by atomic mass is 10.1. The molecule has 0 aliphatic rings. The van der Waals surface area contributed by atoms with E-state index in [9.17, 15) is 19.7 Å². The number of carbonyl (C=O) groups is 2. The van der Waals surface area contributed by atoms with Crippen LogP contribution in [0.1, 0.15) is 12.5 Å². The van der Waals surface area contributed by atoms with Crippen LogP contribution >= 0.6 is 11.8 Å². The van der Waals surface area contributed by atoms with Gasteiger partial charge in [-0.1, -0.05) is 30.8 Å². The Morgan fingerprint density at radius 3 is 2.47 bits per heavy atom. The van der Waals surface area contributed by atoms with Crippen LogP contribution in [0.25, 0.3) is 0 Å². The molecule has 0 aliphatic heterocycles. The monoisotopic (exact) mass is 285 g/mol. The molecule has 0 aromatic heterocycles. The standard InChI is InChI=1S/C12H14N2O4S/c1-2-19-12(16)11(15)13-8-7-9-3-5-10(6-4-9)14(17)18/h3-6H,2,7-8H2,1H3,(H,13,15)/i11+1,12+1,13+1. The van der Waals surface area contributed by atoms with Gasteiger partial charge in [0.05, 0.1) is 4.92 Å². The summed E-state index contributed by atoms with van der Waals surface area (Å²) in [7, 11) is 0. The molecule has 19 heavy (non-hydrogen) atoms. The van der Waals surface area contributed by atoms with Crippen molar-refractivity contribution in [3.8, 4) is 0 Å². The van der Waals surface area contributed by atoms with E-state index in [2.05, 4.69) is 5.32 Å². The molecule has 1 amide bonds. The number of non-ortho nitro benzene ring substituents is 1. The van der Waals surface area contributed by atoms with Gasteiger partial charge in [-0.2, -0.15) is 0 Å². The SMILES string of the molecule is CCS[13C](=O)[13C](=O)[15NH]CCc1ccc([N+](=O)[O-])cc1. The summed E-state index contributed by atoms with van der Waals surface area (Å²) in [6, 6.07) is 6.09. The van der Waals surface area contributed by atoms with Gasteiger partial charge < -0.3 is 5.32 Å². The van der Waals surface area contributed by atoms with Crippen molar-refractivity contribution in [2.45, 2.75) is 13.3 Å². The maximum absolute atomic E-state index is 11.3. The molecule has 1 rings (SSSR count). The average Bonchev–Trinajstić information content (AvgIpc) is 2.39. The molecule has 0 saturated carbocycles. The number of amides is 1. The Bertz CT molecular complexity index is 473. The van der Waals surface area contributed by atoms with E-state index in [4.69, 9.17) is 0 Å². The fourth-order valence-corrected chi connectivity index (χ4v) is 1.84. The summed E-state index contributed by atoms with van der Waals surface area (Å²) in [5.74, 6) is -0.0389. The number of nitrogens with zero attached hydrogens (tertiary/aromatic N) is 1. The topological polar surface area (TPSA) is 89.3 Å². The third-order valence-electron chi connectivity index (χ3n) is 2.31. The fourth-order valence-electron chi connectivity index (χ4n) is 1.37. The van der Waals surface area contributed by atoms with Crippen LogP contribution in [0.3, 0.4) is 0 Å². The molecule has 0 saturated heterocycles. The summed E-state index contributed by atoms with van der Waals surface area (Å²) in [5, 5.41) is 12.5. The Morgan fingerprint density at radius 2 is 1.95 bits per heavy atom. The number of carbonyl (C=O) groups excluding carboxylic acids is 2. The second kappa shape index (κ2) is 7.52. The minimum absolute atomic E-state index is 0.0299. The molecule has 0 bridgehead atoms. The Balaban J connectivity index is 2.39. The summed E-state index contributed by atoms with van der Waals surface area (Å²) in [6.45, 7) is 2.12. The molecule has 6 nitrogen and oxygen atoms in total. The van der Waals surface area contributed by atoms with Crippen molar-refractivity contribution in [1.82, 2.24) is 5.32 Å². The number of nitro groups is 1. The van der Waals surface area contributed by atoms with Crippen molar-refractivity contribution in [3.63, 3.8) is 0 Å². The normalized spacial score (nSPS) is 9.95. The zero-order valence-electron chi connectivity index (χ0n) is 10.4. The van der Waals surface area contributed by atoms with E-state index < -0.39 is 15.9 Å². The predicted molar refractivity (Wildman–Crippen MR) is 72.9 cm³/mol. The zero-order valence-corrected chi connectivity index (χ0v) is 11.2. The predicted octanol–water partition coefficient (Wildman–Crippen LogP) is 1.53. The first kappa shape index (κ1) is 15.2. The Morgan fingerprint density at radius 1 is 1.32 bits per heavy atom. The minimum Gasteiger partial charge on any atom is -0.348 e. The molecule has 0 fully saturated rings. The molecule has 0 aliphatic carbocycles. The van der Waals surface area contributed by atoms with Crippen LogP contribution in [0.5, 0.6) is 0 Å². The molecule has 0 atom stereocenters. The molecule has 0 spiro atoms. The third-order valence-corrected chi connectivity index (χ3v) is 3.04. The number of hydrogen-bond donors (Lipinski definition) is 1. The number of rotatable bonds is 5. The van der Waals surface area contributed by atoms with Gasteiger partial charge in [-0.25, -0.2) is 0 Å². The van der Waals surface area contributed by atoms with E-state index in [0.29, 0.717) is 18.7 Å². The van der Waals surface area contributed by atoms with Crippen LogP contribution in [-0.2, 0) is 16.0 Å². The van der Waals surface area contributed by atoms with E-state index >= 15 is 0 Å². The van der Waals surface area contributed by atoms with Gasteiger partial charge in [0.1, 0.15) is 0 Å². The highest BCUT2D eigenvalue weighted by Crippen LogP contribution is 2.11. The van der Waals surface area contributed by atoms with E-state index in [1.165, 1.54) is 12.1 Å². The summed E-state index contributed by atoms with van der Waals surface area (Å²) >= 11 is 0.965. The van der Waals surface area contributed by atoms with Crippen LogP contribution in [0.4, 0.5) is 5.69 Å². The summed E-state index contributed by atoms with van der Waals surface area (Å²) in [6.07, 6.45) is 0.522. The van der Waals surface area contributed by atoms with Crippen molar-refractivity contribution in [3.05, 3.63) is 39.9 Å². The lowest BCUT2D eigenvalue weighted by molar-refractivity contribution is -0.384. The number of nitrogens with one attached hydrogen (secondary N) is 1. The van der Waals surface area contributed by atoms with Gasteiger partial charge in [-0.15, -0.1) is 0 Å². The van der Waals surface area contributed by atoms with Crippen LogP contribution in [0, 0.1) is 10.1 Å². The fraction of sp³-hybridized carbons (Fsp3) is 0.333. The maximum atomic E-state index is 11.3.